The summed E-state index contributed by atoms with van der Waals surface area (Å²) in [6.45, 7) is 2.22. The van der Waals surface area contributed by atoms with E-state index in [0.29, 0.717) is 22.2 Å². The van der Waals surface area contributed by atoms with Crippen molar-refractivity contribution in [1.82, 2.24) is 9.97 Å². The molecule has 0 amide bonds. The van der Waals surface area contributed by atoms with E-state index in [0.717, 1.165) is 18.7 Å². The van der Waals surface area contributed by atoms with Crippen LogP contribution in [0, 0.1) is 22.7 Å². The number of aromatic nitrogens is 2. The largest absolute Gasteiger partial charge is 0.341 e. The summed E-state index contributed by atoms with van der Waals surface area (Å²) in [5.41, 5.74) is 2.38. The van der Waals surface area contributed by atoms with Crippen molar-refractivity contribution in [2.24, 2.45) is 0 Å². The van der Waals surface area contributed by atoms with Crippen molar-refractivity contribution in [2.45, 2.75) is 51.9 Å². The molecule has 0 atom stereocenters. The van der Waals surface area contributed by atoms with Crippen LogP contribution in [0.4, 0.5) is 0 Å². The van der Waals surface area contributed by atoms with E-state index in [-0.39, 0.29) is 0 Å². The van der Waals surface area contributed by atoms with E-state index in [1.807, 2.05) is 0 Å². The Morgan fingerprint density at radius 3 is 2.38 bits per heavy atom. The van der Waals surface area contributed by atoms with Crippen molar-refractivity contribution in [3.8, 4) is 12.1 Å². The van der Waals surface area contributed by atoms with Gasteiger partial charge in [0, 0.05) is 6.42 Å². The van der Waals surface area contributed by atoms with Gasteiger partial charge in [-0.05, 0) is 18.6 Å². The van der Waals surface area contributed by atoms with Crippen molar-refractivity contribution in [2.75, 3.05) is 0 Å². The SMILES string of the molecule is CCCCCCCCc1nc2c(C#N)ccc(C#N)c2[nH]1. The molecule has 0 saturated heterocycles. The number of unbranched alkanes of at least 4 members (excludes halogenated alkanes) is 5. The molecule has 21 heavy (non-hydrogen) atoms. The molecule has 0 bridgehead atoms. The van der Waals surface area contributed by atoms with Crippen LogP contribution in [-0.4, -0.2) is 9.97 Å². The molecule has 0 radical (unpaired) electrons. The second-order valence-corrected chi connectivity index (χ2v) is 5.31. The van der Waals surface area contributed by atoms with Gasteiger partial charge in [-0.3, -0.25) is 0 Å². The van der Waals surface area contributed by atoms with Gasteiger partial charge in [-0.1, -0.05) is 39.0 Å². The maximum absolute atomic E-state index is 9.12. The summed E-state index contributed by atoms with van der Waals surface area (Å²) in [4.78, 5) is 7.70. The predicted molar refractivity (Wildman–Crippen MR) is 82.6 cm³/mol. The van der Waals surface area contributed by atoms with Crippen LogP contribution in [0.5, 0.6) is 0 Å². The van der Waals surface area contributed by atoms with Gasteiger partial charge in [-0.2, -0.15) is 10.5 Å². The monoisotopic (exact) mass is 280 g/mol. The lowest BCUT2D eigenvalue weighted by atomic mass is 10.1. The van der Waals surface area contributed by atoms with Gasteiger partial charge >= 0.3 is 0 Å². The van der Waals surface area contributed by atoms with E-state index in [1.165, 1.54) is 32.1 Å². The number of nitrogens with one attached hydrogen (secondary N) is 1. The number of aromatic amines is 1. The van der Waals surface area contributed by atoms with Crippen LogP contribution in [0.25, 0.3) is 11.0 Å². The van der Waals surface area contributed by atoms with E-state index < -0.39 is 0 Å². The molecule has 1 N–H and O–H groups in total. The lowest BCUT2D eigenvalue weighted by molar-refractivity contribution is 0.602. The maximum Gasteiger partial charge on any atom is 0.108 e. The van der Waals surface area contributed by atoms with Gasteiger partial charge in [-0.25, -0.2) is 4.98 Å². The first-order valence-electron chi connectivity index (χ1n) is 7.62. The number of hydrogen-bond donors (Lipinski definition) is 1. The molecular weight excluding hydrogens is 260 g/mol. The lowest BCUT2D eigenvalue weighted by Gasteiger charge is -1.98. The number of fused-ring (bicyclic) bond motifs is 1. The standard InChI is InChI=1S/C17H20N4/c1-2-3-4-5-6-7-8-15-20-16-13(11-18)9-10-14(12-19)17(16)21-15/h9-10H,2-8H2,1H3,(H,20,21). The normalized spacial score (nSPS) is 10.4. The Morgan fingerprint density at radius 1 is 1.00 bits per heavy atom. The minimum atomic E-state index is 0.523. The number of rotatable bonds is 7. The van der Waals surface area contributed by atoms with Crippen molar-refractivity contribution in [1.29, 1.82) is 10.5 Å². The molecule has 1 heterocycles. The molecule has 108 valence electrons. The van der Waals surface area contributed by atoms with Crippen LogP contribution in [0.15, 0.2) is 12.1 Å². The fraction of sp³-hybridized carbons (Fsp3) is 0.471. The van der Waals surface area contributed by atoms with Crippen molar-refractivity contribution in [3.05, 3.63) is 29.1 Å². The van der Waals surface area contributed by atoms with Crippen LogP contribution >= 0.6 is 0 Å². The van der Waals surface area contributed by atoms with Crippen LogP contribution in [0.2, 0.25) is 0 Å². The van der Waals surface area contributed by atoms with Gasteiger partial charge in [0.1, 0.15) is 23.5 Å². The van der Waals surface area contributed by atoms with Crippen molar-refractivity contribution >= 4 is 11.0 Å². The third-order valence-electron chi connectivity index (χ3n) is 3.70. The second kappa shape index (κ2) is 7.45. The average molecular weight is 280 g/mol. The van der Waals surface area contributed by atoms with Crippen molar-refractivity contribution < 1.29 is 0 Å². The summed E-state index contributed by atoms with van der Waals surface area (Å²) in [6.07, 6.45) is 8.30. The predicted octanol–water partition coefficient (Wildman–Crippen LogP) is 4.21. The molecule has 1 aromatic heterocycles. The summed E-state index contributed by atoms with van der Waals surface area (Å²) in [5, 5.41) is 18.2. The van der Waals surface area contributed by atoms with E-state index in [4.69, 9.17) is 10.5 Å². The summed E-state index contributed by atoms with van der Waals surface area (Å²) in [5.74, 6) is 0.875. The first-order valence-corrected chi connectivity index (χ1v) is 7.62. The first-order chi connectivity index (χ1) is 10.3. The zero-order valence-electron chi connectivity index (χ0n) is 12.4. The van der Waals surface area contributed by atoms with Gasteiger partial charge in [0.15, 0.2) is 0 Å². The number of imidazole rings is 1. The molecule has 1 aromatic carbocycles. The Labute approximate surface area is 125 Å². The van der Waals surface area contributed by atoms with E-state index in [2.05, 4.69) is 29.0 Å². The van der Waals surface area contributed by atoms with Crippen LogP contribution in [-0.2, 0) is 6.42 Å². The Kier molecular flexibility index (Phi) is 5.35. The zero-order valence-corrected chi connectivity index (χ0v) is 12.4. The average Bonchev–Trinajstić information content (AvgIpc) is 2.93. The highest BCUT2D eigenvalue weighted by molar-refractivity contribution is 5.86. The first kappa shape index (κ1) is 15.1. The molecule has 0 saturated carbocycles. The number of nitriles is 2. The van der Waals surface area contributed by atoms with Crippen LogP contribution < -0.4 is 0 Å². The third-order valence-corrected chi connectivity index (χ3v) is 3.70. The molecule has 0 fully saturated rings. The fourth-order valence-corrected chi connectivity index (χ4v) is 2.52. The summed E-state index contributed by atoms with van der Waals surface area (Å²) in [7, 11) is 0. The second-order valence-electron chi connectivity index (χ2n) is 5.31. The van der Waals surface area contributed by atoms with Gasteiger partial charge in [0.25, 0.3) is 0 Å². The number of nitrogens with zero attached hydrogens (tertiary/aromatic N) is 3. The van der Waals surface area contributed by atoms with E-state index in [1.54, 1.807) is 12.1 Å². The Hall–Kier alpha value is -2.33. The van der Waals surface area contributed by atoms with Crippen molar-refractivity contribution in [3.63, 3.8) is 0 Å². The van der Waals surface area contributed by atoms with E-state index >= 15 is 0 Å². The molecule has 0 unspecified atom stereocenters. The molecule has 4 heteroatoms. The van der Waals surface area contributed by atoms with Gasteiger partial charge in [-0.15, -0.1) is 0 Å². The number of benzene rings is 1. The number of aryl methyl sites for hydroxylation is 1. The highest BCUT2D eigenvalue weighted by Gasteiger charge is 2.11. The number of H-pyrrole nitrogens is 1. The molecule has 2 rings (SSSR count). The van der Waals surface area contributed by atoms with Gasteiger partial charge in [0.2, 0.25) is 0 Å². The van der Waals surface area contributed by atoms with E-state index in [9.17, 15) is 0 Å². The fourth-order valence-electron chi connectivity index (χ4n) is 2.52. The van der Waals surface area contributed by atoms with Gasteiger partial charge in [0.05, 0.1) is 16.6 Å². The number of hydrogen-bond acceptors (Lipinski definition) is 3. The molecule has 0 spiro atoms. The van der Waals surface area contributed by atoms with Gasteiger partial charge < -0.3 is 4.98 Å². The molecule has 2 aromatic rings. The summed E-state index contributed by atoms with van der Waals surface area (Å²) < 4.78 is 0. The molecule has 4 nitrogen and oxygen atoms in total. The Balaban J connectivity index is 2.05. The van der Waals surface area contributed by atoms with Crippen LogP contribution in [0.3, 0.4) is 0 Å². The minimum absolute atomic E-state index is 0.523. The highest BCUT2D eigenvalue weighted by Crippen LogP contribution is 2.21. The Bertz CT molecular complexity index is 634. The lowest BCUT2D eigenvalue weighted by Crippen LogP contribution is -1.88. The molecular formula is C17H20N4. The highest BCUT2D eigenvalue weighted by atomic mass is 14.9. The smallest absolute Gasteiger partial charge is 0.108 e. The molecule has 0 aliphatic rings. The summed E-state index contributed by atoms with van der Waals surface area (Å²) >= 11 is 0. The Morgan fingerprint density at radius 2 is 1.67 bits per heavy atom. The molecule has 0 aliphatic carbocycles. The summed E-state index contributed by atoms with van der Waals surface area (Å²) in [6, 6.07) is 7.61. The topological polar surface area (TPSA) is 76.3 Å². The quantitative estimate of drug-likeness (QED) is 0.772. The van der Waals surface area contributed by atoms with Crippen LogP contribution in [0.1, 0.15) is 62.4 Å². The maximum atomic E-state index is 9.12. The minimum Gasteiger partial charge on any atom is -0.341 e. The zero-order chi connectivity index (χ0) is 15.1. The molecule has 0 aliphatic heterocycles. The third kappa shape index (κ3) is 3.61.